The lowest BCUT2D eigenvalue weighted by Gasteiger charge is -2.31. The molecule has 0 spiro atoms. The molecule has 194 valence electrons. The molecule has 0 aromatic carbocycles. The van der Waals surface area contributed by atoms with Crippen molar-refractivity contribution in [1.29, 1.82) is 0 Å². The molecule has 36 heavy (non-hydrogen) atoms. The molecule has 0 unspecified atom stereocenters. The van der Waals surface area contributed by atoms with Gasteiger partial charge >= 0.3 is 0 Å². The number of rotatable bonds is 2. The molecule has 0 amide bonds. The fraction of sp³-hybridized carbons (Fsp3) is 0.500. The van der Waals surface area contributed by atoms with Crippen molar-refractivity contribution in [3.05, 3.63) is 77.1 Å². The van der Waals surface area contributed by atoms with Crippen LogP contribution in [-0.2, 0) is 10.8 Å². The van der Waals surface area contributed by atoms with E-state index in [1.807, 2.05) is 23.1 Å². The lowest BCUT2D eigenvalue weighted by Crippen LogP contribution is -2.18. The average molecular weight is 556 g/mol. The first-order valence-electron chi connectivity index (χ1n) is 12.7. The molecule has 0 N–H and O–H groups in total. The topological polar surface area (TPSA) is 0 Å². The number of thioether (sulfide) groups is 1. The van der Waals surface area contributed by atoms with Crippen molar-refractivity contribution in [3.63, 3.8) is 0 Å². The van der Waals surface area contributed by atoms with E-state index in [1.54, 1.807) is 0 Å². The Morgan fingerprint density at radius 1 is 0.778 bits per heavy atom. The molecule has 1 aliphatic carbocycles. The summed E-state index contributed by atoms with van der Waals surface area (Å²) in [4.78, 5) is 7.16. The van der Waals surface area contributed by atoms with Crippen LogP contribution in [0.3, 0.4) is 0 Å². The minimum absolute atomic E-state index is 0.0875. The first-order valence-corrected chi connectivity index (χ1v) is 15.2. The third-order valence-electron chi connectivity index (χ3n) is 6.41. The van der Waals surface area contributed by atoms with Crippen LogP contribution in [0.4, 0.5) is 0 Å². The third kappa shape index (κ3) is 6.73. The summed E-state index contributed by atoms with van der Waals surface area (Å²) in [6.45, 7) is 27.4. The molecule has 1 aromatic rings. The van der Waals surface area contributed by atoms with Crippen molar-refractivity contribution < 1.29 is 0 Å². The standard InChI is InChI=1S/C32H42S4/c1-29(2,3)19-13-21(35-25(15-19)31(7,8)9)17-23-27(33)24(28(23)34)18-22-14-20(30(4,5)6)16-26(36-22)32(10,11)12/h13-18H,1-12H3/p+1. The Bertz CT molecular complexity index is 1200. The van der Waals surface area contributed by atoms with Crippen molar-refractivity contribution in [1.82, 2.24) is 0 Å². The predicted molar refractivity (Wildman–Crippen MR) is 173 cm³/mol. The molecule has 3 rings (SSSR count). The molecule has 0 bridgehead atoms. The quantitative estimate of drug-likeness (QED) is 0.167. The zero-order valence-corrected chi connectivity index (χ0v) is 27.5. The zero-order chi connectivity index (χ0) is 27.4. The van der Waals surface area contributed by atoms with E-state index in [2.05, 4.69) is 120 Å². The van der Waals surface area contributed by atoms with E-state index in [1.165, 1.54) is 30.7 Å². The fourth-order valence-electron chi connectivity index (χ4n) is 3.79. The van der Waals surface area contributed by atoms with Gasteiger partial charge < -0.3 is 0 Å². The van der Waals surface area contributed by atoms with Crippen LogP contribution in [-0.4, -0.2) is 4.86 Å². The summed E-state index contributed by atoms with van der Waals surface area (Å²) >= 11 is 14.6. The number of allylic oxidation sites excluding steroid dienone is 7. The van der Waals surface area contributed by atoms with Gasteiger partial charge in [0.05, 0.1) is 4.86 Å². The molecule has 1 aliphatic heterocycles. The first-order chi connectivity index (χ1) is 16.2. The zero-order valence-electron chi connectivity index (χ0n) is 24.1. The Morgan fingerprint density at radius 2 is 1.39 bits per heavy atom. The van der Waals surface area contributed by atoms with E-state index >= 15 is 0 Å². The van der Waals surface area contributed by atoms with Gasteiger partial charge in [0.2, 0.25) is 21.1 Å². The molecule has 2 aliphatic rings. The lowest BCUT2D eigenvalue weighted by molar-refractivity contribution is 0.504. The van der Waals surface area contributed by atoms with Crippen LogP contribution in [0.1, 0.15) is 98.4 Å². The molecule has 2 heterocycles. The summed E-state index contributed by atoms with van der Waals surface area (Å²) in [5.41, 5.74) is 5.24. The second kappa shape index (κ2) is 9.98. The van der Waals surface area contributed by atoms with Gasteiger partial charge in [-0.3, -0.25) is 0 Å². The van der Waals surface area contributed by atoms with Gasteiger partial charge in [-0.15, -0.1) is 12.6 Å². The van der Waals surface area contributed by atoms with Gasteiger partial charge in [-0.25, -0.2) is 0 Å². The Hall–Kier alpha value is -0.940. The van der Waals surface area contributed by atoms with Gasteiger partial charge in [-0.2, -0.15) is 0 Å². The number of hydrogen-bond donors (Lipinski definition) is 1. The largest absolute Gasteiger partial charge is 0.232 e. The van der Waals surface area contributed by atoms with Crippen LogP contribution in [0.5, 0.6) is 0 Å². The number of thiol groups is 1. The van der Waals surface area contributed by atoms with Crippen LogP contribution in [0.25, 0.3) is 6.08 Å². The second-order valence-electron chi connectivity index (χ2n) is 14.0. The van der Waals surface area contributed by atoms with Crippen LogP contribution in [0.15, 0.2) is 61.8 Å². The molecule has 1 aromatic heterocycles. The Morgan fingerprint density at radius 3 is 1.86 bits per heavy atom. The minimum atomic E-state index is 0.0875. The van der Waals surface area contributed by atoms with Gasteiger partial charge in [0, 0.05) is 44.6 Å². The summed E-state index contributed by atoms with van der Waals surface area (Å²) < 4.78 is 0. The number of thiocarbonyl (C=S) groups is 1. The van der Waals surface area contributed by atoms with Gasteiger partial charge in [0.25, 0.3) is 0 Å². The maximum absolute atomic E-state index is 5.93. The van der Waals surface area contributed by atoms with E-state index in [0.29, 0.717) is 0 Å². The molecular formula is C32H43S4+. The first kappa shape index (κ1) is 29.6. The fourth-order valence-corrected chi connectivity index (χ4v) is 6.83. The molecular weight excluding hydrogens is 513 g/mol. The van der Waals surface area contributed by atoms with Crippen LogP contribution in [0, 0.1) is 10.8 Å². The summed E-state index contributed by atoms with van der Waals surface area (Å²) in [7, 11) is 0. The van der Waals surface area contributed by atoms with Crippen molar-refractivity contribution in [2.24, 2.45) is 10.8 Å². The minimum Gasteiger partial charge on any atom is -0.142 e. The summed E-state index contributed by atoms with van der Waals surface area (Å²) in [6.07, 6.45) is 9.18. The summed E-state index contributed by atoms with van der Waals surface area (Å²) in [6, 6.07) is 4.70. The Balaban J connectivity index is 2.04. The highest BCUT2D eigenvalue weighted by atomic mass is 32.2. The highest BCUT2D eigenvalue weighted by molar-refractivity contribution is 8.07. The van der Waals surface area contributed by atoms with E-state index < -0.39 is 0 Å². The summed E-state index contributed by atoms with van der Waals surface area (Å²) in [5.74, 6) is 0. The van der Waals surface area contributed by atoms with Crippen LogP contribution < -0.4 is 0 Å². The van der Waals surface area contributed by atoms with E-state index in [-0.39, 0.29) is 21.7 Å². The molecule has 0 atom stereocenters. The Kier molecular flexibility index (Phi) is 8.21. The molecule has 0 saturated carbocycles. The molecule has 0 saturated heterocycles. The number of hydrogen-bond acceptors (Lipinski definition) is 3. The van der Waals surface area contributed by atoms with E-state index in [0.717, 1.165) is 20.9 Å². The highest BCUT2D eigenvalue weighted by Crippen LogP contribution is 2.48. The van der Waals surface area contributed by atoms with Crippen molar-refractivity contribution in [2.75, 3.05) is 0 Å². The maximum atomic E-state index is 5.93. The van der Waals surface area contributed by atoms with Crippen molar-refractivity contribution in [2.45, 2.75) is 93.9 Å². The Labute approximate surface area is 239 Å². The van der Waals surface area contributed by atoms with Crippen molar-refractivity contribution in [3.8, 4) is 0 Å². The van der Waals surface area contributed by atoms with Crippen LogP contribution >= 0.6 is 47.9 Å². The SMILES string of the molecule is CC(C)(C)C1=C/C(=C/C2=C(S)C(=C/c3cc(C(C)(C)C)cc(C(C)(C)C)[s+]3)/C2=S)SC(C(C)(C)C)=C1. The highest BCUT2D eigenvalue weighted by Gasteiger charge is 2.33. The average Bonchev–Trinajstić information content (AvgIpc) is 2.72. The molecule has 4 heteroatoms. The van der Waals surface area contributed by atoms with Gasteiger partial charge in [0.15, 0.2) is 0 Å². The maximum Gasteiger partial charge on any atom is 0.232 e. The van der Waals surface area contributed by atoms with E-state index in [9.17, 15) is 0 Å². The summed E-state index contributed by atoms with van der Waals surface area (Å²) in [5, 5.41) is 0. The molecule has 0 fully saturated rings. The van der Waals surface area contributed by atoms with E-state index in [4.69, 9.17) is 24.8 Å². The normalized spacial score (nSPS) is 20.1. The van der Waals surface area contributed by atoms with Gasteiger partial charge in [0.1, 0.15) is 0 Å². The van der Waals surface area contributed by atoms with Gasteiger partial charge in [-0.05, 0) is 50.5 Å². The molecule has 0 nitrogen and oxygen atoms in total. The second-order valence-corrected chi connectivity index (χ2v) is 17.1. The van der Waals surface area contributed by atoms with Crippen molar-refractivity contribution >= 4 is 58.9 Å². The lowest BCUT2D eigenvalue weighted by atomic mass is 9.83. The monoisotopic (exact) mass is 555 g/mol. The smallest absolute Gasteiger partial charge is 0.142 e. The third-order valence-corrected chi connectivity index (χ3v) is 10.2. The van der Waals surface area contributed by atoms with Gasteiger partial charge in [-0.1, -0.05) is 107 Å². The predicted octanol–water partition coefficient (Wildman–Crippen LogP) is 11.1. The molecule has 0 radical (unpaired) electrons. The van der Waals surface area contributed by atoms with Crippen LogP contribution in [0.2, 0.25) is 0 Å².